The number of carbonyl (C=O) groups is 1. The average Bonchev–Trinajstić information content (AvgIpc) is 2.40. The summed E-state index contributed by atoms with van der Waals surface area (Å²) in [6, 6.07) is 0. The van der Waals surface area contributed by atoms with Crippen molar-refractivity contribution < 1.29 is 13.7 Å². The highest BCUT2D eigenvalue weighted by atomic mass is 32.2. The van der Waals surface area contributed by atoms with Crippen LogP contribution in [0.2, 0.25) is 0 Å². The van der Waals surface area contributed by atoms with Gasteiger partial charge in [0, 0.05) is 40.9 Å². The first-order valence-corrected chi connectivity index (χ1v) is 9.65. The van der Waals surface area contributed by atoms with Crippen LogP contribution >= 0.6 is 0 Å². The Balaban J connectivity index is 4.18. The smallest absolute Gasteiger partial charge is 0.407 e. The Morgan fingerprint density at radius 1 is 1.04 bits per heavy atom. The Morgan fingerprint density at radius 3 is 2.12 bits per heavy atom. The third kappa shape index (κ3) is 12.2. The number of nitrogens with zero attached hydrogens (tertiary/aromatic N) is 1. The summed E-state index contributed by atoms with van der Waals surface area (Å²) < 4.78 is 16.9. The maximum atomic E-state index is 12.0. The van der Waals surface area contributed by atoms with Gasteiger partial charge < -0.3 is 20.7 Å². The number of guanidine groups is 1. The van der Waals surface area contributed by atoms with Gasteiger partial charge in [0.1, 0.15) is 5.60 Å². The Labute approximate surface area is 148 Å². The summed E-state index contributed by atoms with van der Waals surface area (Å²) in [6.07, 6.45) is -0.438. The molecule has 0 aromatic carbocycles. The lowest BCUT2D eigenvalue weighted by Gasteiger charge is -2.20. The van der Waals surface area contributed by atoms with Gasteiger partial charge in [-0.15, -0.1) is 0 Å². The molecule has 1 unspecified atom stereocenters. The first-order valence-electron chi connectivity index (χ1n) is 8.33. The van der Waals surface area contributed by atoms with Crippen molar-refractivity contribution in [1.29, 1.82) is 0 Å². The van der Waals surface area contributed by atoms with Crippen LogP contribution in [-0.2, 0) is 15.5 Å². The van der Waals surface area contributed by atoms with Gasteiger partial charge in [-0.1, -0.05) is 0 Å². The molecule has 0 rings (SSSR count). The third-order valence-corrected chi connectivity index (χ3v) is 4.58. The van der Waals surface area contributed by atoms with Crippen molar-refractivity contribution >= 4 is 22.9 Å². The number of hydrogen-bond acceptors (Lipinski definition) is 4. The monoisotopic (exact) mass is 362 g/mol. The molecule has 0 aromatic rings. The highest BCUT2D eigenvalue weighted by Gasteiger charge is 2.18. The largest absolute Gasteiger partial charge is 0.444 e. The molecule has 0 radical (unpaired) electrons. The van der Waals surface area contributed by atoms with E-state index in [2.05, 4.69) is 20.9 Å². The number of ether oxygens (including phenoxy) is 1. The van der Waals surface area contributed by atoms with E-state index in [1.54, 1.807) is 0 Å². The van der Waals surface area contributed by atoms with Gasteiger partial charge in [0.15, 0.2) is 5.96 Å². The first-order chi connectivity index (χ1) is 11.0. The summed E-state index contributed by atoms with van der Waals surface area (Å²) in [4.78, 5) is 15.9. The van der Waals surface area contributed by atoms with Gasteiger partial charge >= 0.3 is 6.09 Å². The van der Waals surface area contributed by atoms with Crippen LogP contribution in [0.1, 0.15) is 48.5 Å². The molecule has 7 nitrogen and oxygen atoms in total. The van der Waals surface area contributed by atoms with E-state index in [0.717, 1.165) is 6.54 Å². The minimum atomic E-state index is -0.917. The highest BCUT2D eigenvalue weighted by Crippen LogP contribution is 2.10. The number of aliphatic imine (C=N–C) groups is 1. The van der Waals surface area contributed by atoms with Crippen LogP contribution in [0, 0.1) is 0 Å². The summed E-state index contributed by atoms with van der Waals surface area (Å²) in [6.45, 7) is 15.5. The van der Waals surface area contributed by atoms with Crippen LogP contribution in [0.25, 0.3) is 0 Å². The molecule has 0 aromatic heterocycles. The van der Waals surface area contributed by atoms with E-state index in [4.69, 9.17) is 4.74 Å². The molecule has 0 spiro atoms. The fourth-order valence-electron chi connectivity index (χ4n) is 1.55. The van der Waals surface area contributed by atoms with Crippen molar-refractivity contribution in [2.45, 2.75) is 58.8 Å². The van der Waals surface area contributed by atoms with E-state index < -0.39 is 22.5 Å². The Bertz CT molecular complexity index is 440. The Hall–Kier alpha value is -1.31. The molecule has 0 aliphatic rings. The second-order valence-electron chi connectivity index (χ2n) is 7.28. The molecule has 3 N–H and O–H groups in total. The fraction of sp³-hybridized carbons (Fsp3) is 0.875. The first kappa shape index (κ1) is 22.7. The Kier molecular flexibility index (Phi) is 9.96. The van der Waals surface area contributed by atoms with Gasteiger partial charge in [-0.2, -0.15) is 0 Å². The fourth-order valence-corrected chi connectivity index (χ4v) is 2.42. The van der Waals surface area contributed by atoms with Crippen molar-refractivity contribution in [3.8, 4) is 0 Å². The van der Waals surface area contributed by atoms with Crippen molar-refractivity contribution in [2.24, 2.45) is 4.99 Å². The van der Waals surface area contributed by atoms with Crippen molar-refractivity contribution in [2.75, 3.05) is 31.9 Å². The highest BCUT2D eigenvalue weighted by molar-refractivity contribution is 7.86. The van der Waals surface area contributed by atoms with Crippen LogP contribution < -0.4 is 16.0 Å². The zero-order chi connectivity index (χ0) is 18.8. The predicted molar refractivity (Wildman–Crippen MR) is 101 cm³/mol. The SMILES string of the molecule is CCNC(=NCCS(=O)C(C)(C)C)NCCNC(=O)OC(C)(C)C. The van der Waals surface area contributed by atoms with Crippen molar-refractivity contribution in [3.05, 3.63) is 0 Å². The molecule has 8 heteroatoms. The van der Waals surface area contributed by atoms with Crippen LogP contribution in [-0.4, -0.2) is 58.5 Å². The molecule has 0 aliphatic carbocycles. The number of rotatable bonds is 7. The average molecular weight is 363 g/mol. The Morgan fingerprint density at radius 2 is 1.62 bits per heavy atom. The maximum Gasteiger partial charge on any atom is 0.407 e. The topological polar surface area (TPSA) is 91.8 Å². The van der Waals surface area contributed by atoms with Crippen molar-refractivity contribution in [3.63, 3.8) is 0 Å². The molecule has 1 amide bonds. The van der Waals surface area contributed by atoms with E-state index in [0.29, 0.717) is 31.3 Å². The normalized spacial score (nSPS) is 14.0. The van der Waals surface area contributed by atoms with E-state index in [9.17, 15) is 9.00 Å². The maximum absolute atomic E-state index is 12.0. The number of nitrogens with one attached hydrogen (secondary N) is 3. The third-order valence-electron chi connectivity index (χ3n) is 2.66. The molecule has 1 atom stereocenters. The standard InChI is InChI=1S/C16H34N4O3S/c1-8-17-13(19-11-12-24(22)16(5,6)7)18-9-10-20-14(21)23-15(2,3)4/h8-12H2,1-7H3,(H,20,21)(H2,17,18,19). The van der Waals surface area contributed by atoms with Crippen LogP contribution in [0.4, 0.5) is 4.79 Å². The number of alkyl carbamates (subject to hydrolysis) is 1. The molecule has 0 saturated heterocycles. The molecule has 0 aliphatic heterocycles. The molecule has 0 fully saturated rings. The molecule has 24 heavy (non-hydrogen) atoms. The van der Waals surface area contributed by atoms with Gasteiger partial charge in [-0.25, -0.2) is 4.79 Å². The molecular formula is C16H34N4O3S. The van der Waals surface area contributed by atoms with Gasteiger partial charge in [-0.05, 0) is 48.5 Å². The number of amides is 1. The van der Waals surface area contributed by atoms with Crippen molar-refractivity contribution in [1.82, 2.24) is 16.0 Å². The zero-order valence-corrected chi connectivity index (χ0v) is 16.9. The number of hydrogen-bond donors (Lipinski definition) is 3. The minimum Gasteiger partial charge on any atom is -0.444 e. The lowest BCUT2D eigenvalue weighted by Crippen LogP contribution is -2.42. The van der Waals surface area contributed by atoms with E-state index in [1.165, 1.54) is 0 Å². The van der Waals surface area contributed by atoms with E-state index in [-0.39, 0.29) is 4.75 Å². The van der Waals surface area contributed by atoms with Gasteiger partial charge in [0.2, 0.25) is 0 Å². The zero-order valence-electron chi connectivity index (χ0n) is 16.1. The van der Waals surface area contributed by atoms with Crippen LogP contribution in [0.3, 0.4) is 0 Å². The molecule has 0 heterocycles. The second-order valence-corrected chi connectivity index (χ2v) is 9.60. The van der Waals surface area contributed by atoms with Crippen LogP contribution in [0.15, 0.2) is 4.99 Å². The number of carbonyl (C=O) groups excluding carboxylic acids is 1. The lowest BCUT2D eigenvalue weighted by atomic mass is 10.2. The minimum absolute atomic E-state index is 0.224. The van der Waals surface area contributed by atoms with E-state index >= 15 is 0 Å². The van der Waals surface area contributed by atoms with Gasteiger partial charge in [0.05, 0.1) is 6.54 Å². The summed E-state index contributed by atoms with van der Waals surface area (Å²) in [5.41, 5.74) is -0.503. The lowest BCUT2D eigenvalue weighted by molar-refractivity contribution is 0.0529. The van der Waals surface area contributed by atoms with Gasteiger partial charge in [0.25, 0.3) is 0 Å². The molecule has 0 bridgehead atoms. The van der Waals surface area contributed by atoms with Crippen LogP contribution in [0.5, 0.6) is 0 Å². The van der Waals surface area contributed by atoms with E-state index in [1.807, 2.05) is 48.5 Å². The summed E-state index contributed by atoms with van der Waals surface area (Å²) in [7, 11) is -0.917. The second kappa shape index (κ2) is 10.5. The molecule has 0 saturated carbocycles. The van der Waals surface area contributed by atoms with Gasteiger partial charge in [-0.3, -0.25) is 9.20 Å². The molecule has 142 valence electrons. The summed E-state index contributed by atoms with van der Waals surface area (Å²) in [5, 5.41) is 8.91. The summed E-state index contributed by atoms with van der Waals surface area (Å²) >= 11 is 0. The molecular weight excluding hydrogens is 328 g/mol. The quantitative estimate of drug-likeness (QED) is 0.364. The predicted octanol–water partition coefficient (Wildman–Crippen LogP) is 1.61. The summed E-state index contributed by atoms with van der Waals surface area (Å²) in [5.74, 6) is 1.17.